The molecule has 3 nitrogen and oxygen atoms in total. The van der Waals surface area contributed by atoms with Crippen molar-refractivity contribution in [3.05, 3.63) is 0 Å². The van der Waals surface area contributed by atoms with Gasteiger partial charge < -0.3 is 10.6 Å². The van der Waals surface area contributed by atoms with E-state index in [-0.39, 0.29) is 0 Å². The van der Waals surface area contributed by atoms with Crippen molar-refractivity contribution in [2.75, 3.05) is 13.6 Å². The highest BCUT2D eigenvalue weighted by molar-refractivity contribution is 7.80. The summed E-state index contributed by atoms with van der Waals surface area (Å²) in [4.78, 5) is 14.4. The number of hydrogen-bond acceptors (Lipinski definition) is 2. The molecule has 0 aromatic heterocycles. The van der Waals surface area contributed by atoms with Gasteiger partial charge in [-0.25, -0.2) is 0 Å². The average Bonchev–Trinajstić information content (AvgIpc) is 2.99. The maximum Gasteiger partial charge on any atom is 0.226 e. The molecule has 2 atom stereocenters. The van der Waals surface area contributed by atoms with E-state index >= 15 is 0 Å². The monoisotopic (exact) mass is 240 g/mol. The number of fused-ring (bicyclic) bond motifs is 1. The van der Waals surface area contributed by atoms with Crippen LogP contribution in [0.4, 0.5) is 0 Å². The van der Waals surface area contributed by atoms with Crippen LogP contribution in [0.2, 0.25) is 0 Å². The Morgan fingerprint density at radius 3 is 2.44 bits per heavy atom. The first-order valence-corrected chi connectivity index (χ1v) is 6.55. The molecule has 2 rings (SSSR count). The first-order chi connectivity index (χ1) is 7.61. The molecule has 2 saturated carbocycles. The number of nitrogens with zero attached hydrogens (tertiary/aromatic N) is 1. The Balaban J connectivity index is 1.81. The Bertz CT molecular complexity index is 293. The Morgan fingerprint density at radius 2 is 1.94 bits per heavy atom. The molecule has 16 heavy (non-hydrogen) atoms. The van der Waals surface area contributed by atoms with E-state index in [1.807, 2.05) is 11.9 Å². The minimum absolute atomic E-state index is 0.313. The molecule has 2 N–H and O–H groups in total. The largest absolute Gasteiger partial charge is 0.393 e. The fraction of sp³-hybridized carbons (Fsp3) is 0.833. The summed E-state index contributed by atoms with van der Waals surface area (Å²) in [5, 5.41) is 0. The number of thiocarbonyl (C=S) groups is 1. The molecule has 2 fully saturated rings. The lowest BCUT2D eigenvalue weighted by molar-refractivity contribution is -0.131. The van der Waals surface area contributed by atoms with Crippen LogP contribution in [0.3, 0.4) is 0 Å². The first-order valence-electron chi connectivity index (χ1n) is 6.14. The molecule has 0 aliphatic heterocycles. The second-order valence-electron chi connectivity index (χ2n) is 5.11. The van der Waals surface area contributed by atoms with Gasteiger partial charge in [-0.2, -0.15) is 0 Å². The quantitative estimate of drug-likeness (QED) is 0.759. The molecule has 0 heterocycles. The Hall–Kier alpha value is -0.640. The zero-order valence-corrected chi connectivity index (χ0v) is 10.6. The summed E-state index contributed by atoms with van der Waals surface area (Å²) in [5.74, 6) is 2.01. The van der Waals surface area contributed by atoms with Gasteiger partial charge in [0.2, 0.25) is 5.91 Å². The number of rotatable bonds is 4. The Kier molecular flexibility index (Phi) is 3.47. The molecule has 0 bridgehead atoms. The number of amides is 1. The third-order valence-electron chi connectivity index (χ3n) is 4.01. The second kappa shape index (κ2) is 4.70. The lowest BCUT2D eigenvalue weighted by Crippen LogP contribution is -2.31. The maximum atomic E-state index is 12.1. The van der Waals surface area contributed by atoms with Gasteiger partial charge >= 0.3 is 0 Å². The molecular weight excluding hydrogens is 220 g/mol. The van der Waals surface area contributed by atoms with Gasteiger partial charge in [0.15, 0.2) is 0 Å². The molecular formula is C12H20N2OS. The van der Waals surface area contributed by atoms with Gasteiger partial charge in [0.05, 0.1) is 4.99 Å². The van der Waals surface area contributed by atoms with Gasteiger partial charge in [0.1, 0.15) is 0 Å². The molecule has 2 aliphatic carbocycles. The lowest BCUT2D eigenvalue weighted by Gasteiger charge is -2.16. The molecule has 90 valence electrons. The van der Waals surface area contributed by atoms with Crippen LogP contribution in [-0.2, 0) is 4.79 Å². The van der Waals surface area contributed by atoms with Crippen LogP contribution in [0.1, 0.15) is 32.1 Å². The number of carbonyl (C=O) groups excluding carboxylic acids is 1. The topological polar surface area (TPSA) is 46.3 Å². The number of carbonyl (C=O) groups is 1. The zero-order valence-electron chi connectivity index (χ0n) is 9.82. The molecule has 1 amide bonds. The molecule has 4 heteroatoms. The van der Waals surface area contributed by atoms with E-state index in [2.05, 4.69) is 0 Å². The number of hydrogen-bond donors (Lipinski definition) is 1. The standard InChI is InChI=1S/C12H20N2OS/c1-14(7-6-10(13)16)12(15)11-8-4-2-3-5-9(8)11/h8-9,11H,2-7H2,1H3,(H2,13,16). The average molecular weight is 240 g/mol. The van der Waals surface area contributed by atoms with Crippen molar-refractivity contribution < 1.29 is 4.79 Å². The van der Waals surface area contributed by atoms with Crippen LogP contribution in [0.5, 0.6) is 0 Å². The highest BCUT2D eigenvalue weighted by Gasteiger charge is 2.55. The highest BCUT2D eigenvalue weighted by atomic mass is 32.1. The van der Waals surface area contributed by atoms with Crippen molar-refractivity contribution in [2.45, 2.75) is 32.1 Å². The van der Waals surface area contributed by atoms with Crippen LogP contribution < -0.4 is 5.73 Å². The van der Waals surface area contributed by atoms with Crippen molar-refractivity contribution in [3.8, 4) is 0 Å². The fourth-order valence-electron chi connectivity index (χ4n) is 3.00. The molecule has 2 aliphatic rings. The molecule has 2 unspecified atom stereocenters. The van der Waals surface area contributed by atoms with Crippen molar-refractivity contribution in [2.24, 2.45) is 23.5 Å². The Labute approximate surface area is 102 Å². The van der Waals surface area contributed by atoms with Crippen LogP contribution in [0.15, 0.2) is 0 Å². The normalized spacial score (nSPS) is 31.7. The van der Waals surface area contributed by atoms with Crippen LogP contribution in [0, 0.1) is 17.8 Å². The predicted molar refractivity (Wildman–Crippen MR) is 68.0 cm³/mol. The minimum Gasteiger partial charge on any atom is -0.393 e. The van der Waals surface area contributed by atoms with E-state index in [9.17, 15) is 4.79 Å². The highest BCUT2D eigenvalue weighted by Crippen LogP contribution is 2.55. The summed E-state index contributed by atoms with van der Waals surface area (Å²) in [7, 11) is 1.87. The zero-order chi connectivity index (χ0) is 11.7. The van der Waals surface area contributed by atoms with E-state index < -0.39 is 0 Å². The summed E-state index contributed by atoms with van der Waals surface area (Å²) in [6, 6.07) is 0. The van der Waals surface area contributed by atoms with Crippen LogP contribution in [-0.4, -0.2) is 29.4 Å². The third-order valence-corrected chi connectivity index (χ3v) is 4.22. The van der Waals surface area contributed by atoms with E-state index in [4.69, 9.17) is 18.0 Å². The van der Waals surface area contributed by atoms with Gasteiger partial charge in [-0.15, -0.1) is 0 Å². The summed E-state index contributed by atoms with van der Waals surface area (Å²) in [6.45, 7) is 0.671. The summed E-state index contributed by atoms with van der Waals surface area (Å²) < 4.78 is 0. The first kappa shape index (κ1) is 11.8. The third kappa shape index (κ3) is 2.37. The van der Waals surface area contributed by atoms with Crippen molar-refractivity contribution in [3.63, 3.8) is 0 Å². The van der Waals surface area contributed by atoms with Crippen LogP contribution in [0.25, 0.3) is 0 Å². The van der Waals surface area contributed by atoms with Gasteiger partial charge in [0.25, 0.3) is 0 Å². The van der Waals surface area contributed by atoms with E-state index in [0.29, 0.717) is 41.6 Å². The molecule has 0 aromatic rings. The minimum atomic E-state index is 0.313. The van der Waals surface area contributed by atoms with E-state index in [1.54, 1.807) is 0 Å². The predicted octanol–water partition coefficient (Wildman–Crippen LogP) is 1.56. The van der Waals surface area contributed by atoms with Crippen molar-refractivity contribution in [1.29, 1.82) is 0 Å². The summed E-state index contributed by atoms with van der Waals surface area (Å²) in [6.07, 6.45) is 5.76. The van der Waals surface area contributed by atoms with Crippen molar-refractivity contribution >= 4 is 23.1 Å². The lowest BCUT2D eigenvalue weighted by atomic mass is 10.0. The van der Waals surface area contributed by atoms with Gasteiger partial charge in [0, 0.05) is 25.9 Å². The SMILES string of the molecule is CN(CCC(N)=S)C(=O)C1C2CCCCC21. The Morgan fingerprint density at radius 1 is 1.38 bits per heavy atom. The number of nitrogens with two attached hydrogens (primary N) is 1. The van der Waals surface area contributed by atoms with Crippen LogP contribution >= 0.6 is 12.2 Å². The summed E-state index contributed by atoms with van der Waals surface area (Å²) in [5.41, 5.74) is 5.44. The van der Waals surface area contributed by atoms with E-state index in [0.717, 1.165) is 0 Å². The summed E-state index contributed by atoms with van der Waals surface area (Å²) >= 11 is 4.82. The fourth-order valence-corrected chi connectivity index (χ4v) is 3.09. The second-order valence-corrected chi connectivity index (χ2v) is 5.64. The van der Waals surface area contributed by atoms with Gasteiger partial charge in [-0.3, -0.25) is 4.79 Å². The van der Waals surface area contributed by atoms with E-state index in [1.165, 1.54) is 25.7 Å². The van der Waals surface area contributed by atoms with Gasteiger partial charge in [-0.05, 0) is 24.7 Å². The van der Waals surface area contributed by atoms with Gasteiger partial charge in [-0.1, -0.05) is 25.1 Å². The molecule has 0 radical (unpaired) electrons. The maximum absolute atomic E-state index is 12.1. The molecule has 0 saturated heterocycles. The molecule has 0 aromatic carbocycles. The smallest absolute Gasteiger partial charge is 0.226 e. The van der Waals surface area contributed by atoms with Crippen molar-refractivity contribution in [1.82, 2.24) is 4.90 Å². The molecule has 0 spiro atoms.